The molecule has 0 aliphatic carbocycles. The Kier molecular flexibility index (Phi) is 8.05. The highest BCUT2D eigenvalue weighted by Gasteiger charge is 2.19. The van der Waals surface area contributed by atoms with Crippen LogP contribution < -0.4 is 10.8 Å². The van der Waals surface area contributed by atoms with Crippen LogP contribution in [0.1, 0.15) is 48.1 Å². The number of halogens is 1. The minimum absolute atomic E-state index is 0.0228. The molecular formula is C18H23IN4O3. The number of hydroxylamine groups is 1. The number of hydrogen-bond donors (Lipinski definition) is 4. The van der Waals surface area contributed by atoms with Crippen molar-refractivity contribution in [3.63, 3.8) is 0 Å². The van der Waals surface area contributed by atoms with Crippen LogP contribution in [0.4, 0.5) is 0 Å². The first-order valence-corrected chi connectivity index (χ1v) is 9.61. The van der Waals surface area contributed by atoms with Gasteiger partial charge in [0.05, 0.1) is 6.20 Å². The Labute approximate surface area is 166 Å². The van der Waals surface area contributed by atoms with Crippen LogP contribution in [-0.4, -0.2) is 33.0 Å². The lowest BCUT2D eigenvalue weighted by Gasteiger charge is -2.17. The number of H-pyrrole nitrogens is 1. The summed E-state index contributed by atoms with van der Waals surface area (Å²) in [6, 6.07) is 7.40. The smallest absolute Gasteiger partial charge is 0.269 e. The summed E-state index contributed by atoms with van der Waals surface area (Å²) in [5.74, 6) is -0.0881. The minimum atomic E-state index is -0.547. The topological polar surface area (TPSA) is 107 Å². The van der Waals surface area contributed by atoms with Gasteiger partial charge in [0.25, 0.3) is 5.91 Å². The molecule has 140 valence electrons. The lowest BCUT2D eigenvalue weighted by atomic mass is 10.0. The second-order valence-electron chi connectivity index (χ2n) is 6.09. The van der Waals surface area contributed by atoms with Gasteiger partial charge in [-0.3, -0.25) is 14.8 Å². The number of unbranched alkanes of at least 4 members (excludes halogenated alkanes) is 1. The highest BCUT2D eigenvalue weighted by atomic mass is 127. The van der Waals surface area contributed by atoms with E-state index in [1.807, 2.05) is 24.3 Å². The molecule has 0 spiro atoms. The average molecular weight is 470 g/mol. The lowest BCUT2D eigenvalue weighted by molar-refractivity contribution is -0.129. The number of amides is 2. The lowest BCUT2D eigenvalue weighted by Crippen LogP contribution is -2.40. The molecule has 8 heteroatoms. The van der Waals surface area contributed by atoms with Gasteiger partial charge in [0.2, 0.25) is 5.91 Å². The highest BCUT2D eigenvalue weighted by Crippen LogP contribution is 2.11. The molecule has 1 aromatic carbocycles. The number of imidazole rings is 1. The summed E-state index contributed by atoms with van der Waals surface area (Å²) in [5, 5.41) is 11.6. The Morgan fingerprint density at radius 1 is 1.31 bits per heavy atom. The Bertz CT molecular complexity index is 730. The molecule has 2 amide bonds. The standard InChI is InChI=1S/C18H23IN4O3/c1-2-3-4-16-20-11-15(22-16)18(25)21-14(10-17(24)23-26)9-12-5-7-13(19)8-6-12/h5-8,11,14,26H,2-4,9-10H2,1H3,(H,20,22)(H,21,25)(H,23,24)/t14-/m1/s1. The molecule has 26 heavy (non-hydrogen) atoms. The Morgan fingerprint density at radius 2 is 2.04 bits per heavy atom. The predicted molar refractivity (Wildman–Crippen MR) is 106 cm³/mol. The van der Waals surface area contributed by atoms with Crippen LogP contribution in [0.2, 0.25) is 0 Å². The molecule has 0 bridgehead atoms. The first-order chi connectivity index (χ1) is 12.5. The number of nitrogens with zero attached hydrogens (tertiary/aromatic N) is 1. The SMILES string of the molecule is CCCCc1ncc(C(=O)N[C@@H](CC(=O)NO)Cc2ccc(I)cc2)[nH]1. The average Bonchev–Trinajstić information content (AvgIpc) is 3.10. The van der Waals surface area contributed by atoms with Crippen LogP contribution >= 0.6 is 22.6 Å². The number of rotatable bonds is 9. The first kappa shape index (κ1) is 20.4. The largest absolute Gasteiger partial charge is 0.347 e. The first-order valence-electron chi connectivity index (χ1n) is 8.54. The Balaban J connectivity index is 2.04. The number of aromatic nitrogens is 2. The van der Waals surface area contributed by atoms with E-state index in [0.29, 0.717) is 12.1 Å². The zero-order chi connectivity index (χ0) is 18.9. The normalized spacial score (nSPS) is 11.8. The number of nitrogens with one attached hydrogen (secondary N) is 3. The van der Waals surface area contributed by atoms with Crippen molar-refractivity contribution in [1.29, 1.82) is 0 Å². The molecule has 7 nitrogen and oxygen atoms in total. The second kappa shape index (κ2) is 10.3. The molecule has 0 aliphatic rings. The van der Waals surface area contributed by atoms with Crippen molar-refractivity contribution in [1.82, 2.24) is 20.8 Å². The third-order valence-electron chi connectivity index (χ3n) is 3.93. The number of carbonyl (C=O) groups is 2. The Morgan fingerprint density at radius 3 is 2.69 bits per heavy atom. The molecule has 0 saturated carbocycles. The quantitative estimate of drug-likeness (QED) is 0.257. The van der Waals surface area contributed by atoms with Crippen molar-refractivity contribution in [3.05, 3.63) is 51.1 Å². The van der Waals surface area contributed by atoms with E-state index in [0.717, 1.165) is 34.2 Å². The van der Waals surface area contributed by atoms with E-state index in [9.17, 15) is 9.59 Å². The number of carbonyl (C=O) groups excluding carboxylic acids is 2. The van der Waals surface area contributed by atoms with Crippen LogP contribution in [0, 0.1) is 3.57 Å². The van der Waals surface area contributed by atoms with Crippen molar-refractivity contribution >= 4 is 34.4 Å². The predicted octanol–water partition coefficient (Wildman–Crippen LogP) is 2.59. The number of hydrogen-bond acceptors (Lipinski definition) is 4. The Hall–Kier alpha value is -1.94. The molecule has 0 saturated heterocycles. The van der Waals surface area contributed by atoms with Crippen molar-refractivity contribution in [2.24, 2.45) is 0 Å². The summed E-state index contributed by atoms with van der Waals surface area (Å²) in [5.41, 5.74) is 2.98. The van der Waals surface area contributed by atoms with Gasteiger partial charge in [0.15, 0.2) is 0 Å². The maximum Gasteiger partial charge on any atom is 0.269 e. The molecule has 0 fully saturated rings. The summed E-state index contributed by atoms with van der Waals surface area (Å²) in [7, 11) is 0. The fraction of sp³-hybridized carbons (Fsp3) is 0.389. The van der Waals surface area contributed by atoms with Gasteiger partial charge in [-0.2, -0.15) is 0 Å². The summed E-state index contributed by atoms with van der Waals surface area (Å²) < 4.78 is 1.11. The van der Waals surface area contributed by atoms with E-state index in [4.69, 9.17) is 5.21 Å². The molecule has 1 heterocycles. The highest BCUT2D eigenvalue weighted by molar-refractivity contribution is 14.1. The fourth-order valence-electron chi connectivity index (χ4n) is 2.56. The second-order valence-corrected chi connectivity index (χ2v) is 7.33. The third kappa shape index (κ3) is 6.41. The van der Waals surface area contributed by atoms with Gasteiger partial charge in [-0.1, -0.05) is 25.5 Å². The van der Waals surface area contributed by atoms with Gasteiger partial charge in [-0.05, 0) is 53.1 Å². The van der Waals surface area contributed by atoms with Crippen LogP contribution in [0.5, 0.6) is 0 Å². The van der Waals surface area contributed by atoms with E-state index in [2.05, 4.69) is 44.8 Å². The number of aryl methyl sites for hydroxylation is 1. The summed E-state index contributed by atoms with van der Waals surface area (Å²) >= 11 is 2.22. The van der Waals surface area contributed by atoms with Crippen molar-refractivity contribution in [3.8, 4) is 0 Å². The molecule has 0 unspecified atom stereocenters. The maximum atomic E-state index is 12.5. The van der Waals surface area contributed by atoms with Gasteiger partial charge in [-0.15, -0.1) is 0 Å². The summed E-state index contributed by atoms with van der Waals surface area (Å²) in [4.78, 5) is 31.3. The summed E-state index contributed by atoms with van der Waals surface area (Å²) in [6.45, 7) is 2.10. The maximum absolute atomic E-state index is 12.5. The minimum Gasteiger partial charge on any atom is -0.347 e. The molecule has 1 aromatic heterocycles. The van der Waals surface area contributed by atoms with Crippen LogP contribution in [-0.2, 0) is 17.6 Å². The van der Waals surface area contributed by atoms with E-state index in [1.165, 1.54) is 6.20 Å². The number of aromatic amines is 1. The molecule has 0 aliphatic heterocycles. The monoisotopic (exact) mass is 470 g/mol. The molecule has 4 N–H and O–H groups in total. The number of benzene rings is 1. The molecule has 2 aromatic rings. The van der Waals surface area contributed by atoms with Crippen LogP contribution in [0.15, 0.2) is 30.5 Å². The zero-order valence-corrected chi connectivity index (χ0v) is 16.7. The van der Waals surface area contributed by atoms with E-state index < -0.39 is 11.9 Å². The third-order valence-corrected chi connectivity index (χ3v) is 4.65. The summed E-state index contributed by atoms with van der Waals surface area (Å²) in [6.07, 6.45) is 4.81. The van der Waals surface area contributed by atoms with Gasteiger partial charge in [-0.25, -0.2) is 10.5 Å². The van der Waals surface area contributed by atoms with E-state index >= 15 is 0 Å². The van der Waals surface area contributed by atoms with Crippen molar-refractivity contribution in [2.45, 2.75) is 45.1 Å². The zero-order valence-electron chi connectivity index (χ0n) is 14.6. The van der Waals surface area contributed by atoms with Gasteiger partial charge in [0, 0.05) is 22.5 Å². The van der Waals surface area contributed by atoms with Crippen molar-refractivity contribution in [2.75, 3.05) is 0 Å². The molecule has 2 rings (SSSR count). The van der Waals surface area contributed by atoms with Gasteiger partial charge >= 0.3 is 0 Å². The molecular weight excluding hydrogens is 447 g/mol. The van der Waals surface area contributed by atoms with E-state index in [1.54, 1.807) is 5.48 Å². The molecule has 0 radical (unpaired) electrons. The van der Waals surface area contributed by atoms with Crippen LogP contribution in [0.25, 0.3) is 0 Å². The van der Waals surface area contributed by atoms with Crippen LogP contribution in [0.3, 0.4) is 0 Å². The van der Waals surface area contributed by atoms with Gasteiger partial charge < -0.3 is 10.3 Å². The van der Waals surface area contributed by atoms with E-state index in [-0.39, 0.29) is 12.3 Å². The molecule has 1 atom stereocenters. The fourth-order valence-corrected chi connectivity index (χ4v) is 2.92. The van der Waals surface area contributed by atoms with Gasteiger partial charge in [0.1, 0.15) is 11.5 Å². The van der Waals surface area contributed by atoms with Crippen molar-refractivity contribution < 1.29 is 14.8 Å².